The number of anilines is 1. The van der Waals surface area contributed by atoms with Crippen LogP contribution in [0.3, 0.4) is 0 Å². The summed E-state index contributed by atoms with van der Waals surface area (Å²) in [6.45, 7) is -0.0171. The number of halogens is 1. The molecule has 0 aliphatic carbocycles. The first-order chi connectivity index (χ1) is 9.52. The van der Waals surface area contributed by atoms with E-state index in [9.17, 15) is 9.59 Å². The van der Waals surface area contributed by atoms with E-state index < -0.39 is 11.9 Å². The van der Waals surface area contributed by atoms with E-state index in [4.69, 9.17) is 10.4 Å². The molecule has 1 aromatic carbocycles. The molecule has 1 amide bonds. The van der Waals surface area contributed by atoms with Gasteiger partial charge in [0.25, 0.3) is 5.91 Å². The van der Waals surface area contributed by atoms with Crippen molar-refractivity contribution in [3.05, 3.63) is 39.6 Å². The quantitative estimate of drug-likeness (QED) is 0.393. The maximum absolute atomic E-state index is 11.6. The minimum absolute atomic E-state index is 0.0171. The largest absolute Gasteiger partial charge is 0.481 e. The van der Waals surface area contributed by atoms with Crippen LogP contribution in [0.1, 0.15) is 6.42 Å². The minimum Gasteiger partial charge on any atom is -0.481 e. The second-order valence-electron chi connectivity index (χ2n) is 3.72. The molecule has 0 heterocycles. The first-order valence-corrected chi connectivity index (χ1v) is 6.73. The Hall–Kier alpha value is -2.08. The highest BCUT2D eigenvalue weighted by Crippen LogP contribution is 2.11. The van der Waals surface area contributed by atoms with E-state index in [2.05, 4.69) is 33.2 Å². The van der Waals surface area contributed by atoms with Crippen LogP contribution >= 0.6 is 22.6 Å². The second kappa shape index (κ2) is 8.16. The molecule has 7 heteroatoms. The fraction of sp³-hybridized carbons (Fsp3) is 0.154. The molecule has 20 heavy (non-hydrogen) atoms. The van der Waals surface area contributed by atoms with E-state index in [0.29, 0.717) is 0 Å². The molecule has 0 saturated heterocycles. The predicted molar refractivity (Wildman–Crippen MR) is 81.7 cm³/mol. The molecule has 0 aromatic heterocycles. The van der Waals surface area contributed by atoms with Gasteiger partial charge in [-0.1, -0.05) is 0 Å². The first kappa shape index (κ1) is 16.0. The van der Waals surface area contributed by atoms with E-state index >= 15 is 0 Å². The number of hydrogen-bond acceptors (Lipinski definition) is 4. The van der Waals surface area contributed by atoms with E-state index in [1.54, 1.807) is 6.07 Å². The summed E-state index contributed by atoms with van der Waals surface area (Å²) in [4.78, 5) is 21.9. The lowest BCUT2D eigenvalue weighted by atomic mass is 10.2. The molecule has 0 fully saturated rings. The molecule has 104 valence electrons. The average Bonchev–Trinajstić information content (AvgIpc) is 2.41. The number of nitriles is 1. The number of amides is 1. The topological polar surface area (TPSA) is 102 Å². The van der Waals surface area contributed by atoms with E-state index in [1.165, 1.54) is 6.20 Å². The predicted octanol–water partition coefficient (Wildman–Crippen LogP) is 1.70. The van der Waals surface area contributed by atoms with Crippen LogP contribution in [0.25, 0.3) is 0 Å². The van der Waals surface area contributed by atoms with Crippen LogP contribution in [0.4, 0.5) is 5.69 Å². The van der Waals surface area contributed by atoms with Gasteiger partial charge in [-0.15, -0.1) is 0 Å². The number of carboxylic acid groups (broad SMARTS) is 1. The number of nitrogens with zero attached hydrogens (tertiary/aromatic N) is 1. The van der Waals surface area contributed by atoms with Crippen LogP contribution in [-0.2, 0) is 9.59 Å². The van der Waals surface area contributed by atoms with Crippen LogP contribution in [0.5, 0.6) is 0 Å². The van der Waals surface area contributed by atoms with Crippen molar-refractivity contribution in [2.45, 2.75) is 6.42 Å². The van der Waals surface area contributed by atoms with Gasteiger partial charge in [0.15, 0.2) is 0 Å². The monoisotopic (exact) mass is 385 g/mol. The van der Waals surface area contributed by atoms with Gasteiger partial charge in [0, 0.05) is 22.0 Å². The summed E-state index contributed by atoms with van der Waals surface area (Å²) in [5.41, 5.74) is 0.630. The average molecular weight is 385 g/mol. The smallest absolute Gasteiger partial charge is 0.305 e. The molecule has 0 saturated carbocycles. The Morgan fingerprint density at radius 1 is 1.35 bits per heavy atom. The molecular weight excluding hydrogens is 373 g/mol. The number of nitrogens with one attached hydrogen (secondary N) is 2. The van der Waals surface area contributed by atoms with Crippen molar-refractivity contribution >= 4 is 40.2 Å². The molecule has 0 radical (unpaired) electrons. The molecule has 0 unspecified atom stereocenters. The number of hydrogen-bond donors (Lipinski definition) is 3. The molecule has 1 rings (SSSR count). The van der Waals surface area contributed by atoms with Gasteiger partial charge in [-0.25, -0.2) is 0 Å². The standard InChI is InChI=1S/C13H12IN3O3/c14-10-1-3-11(4-2-10)17-8-9(7-15)13(20)16-6-5-12(18)19/h1-4,8,17H,5-6H2,(H,16,20)(H,18,19)/b9-8-. The Balaban J connectivity index is 2.58. The van der Waals surface area contributed by atoms with Gasteiger partial charge in [0.1, 0.15) is 11.6 Å². The summed E-state index contributed by atoms with van der Waals surface area (Å²) in [5, 5.41) is 22.5. The van der Waals surface area contributed by atoms with Crippen molar-refractivity contribution in [3.8, 4) is 6.07 Å². The Morgan fingerprint density at radius 3 is 2.55 bits per heavy atom. The number of aliphatic carboxylic acids is 1. The normalized spacial score (nSPS) is 10.5. The third-order valence-corrected chi connectivity index (χ3v) is 2.94. The Kier molecular flexibility index (Phi) is 6.52. The molecule has 0 spiro atoms. The van der Waals surface area contributed by atoms with E-state index in [-0.39, 0.29) is 18.5 Å². The number of carbonyl (C=O) groups excluding carboxylic acids is 1. The summed E-state index contributed by atoms with van der Waals surface area (Å²) in [5.74, 6) is -1.61. The highest BCUT2D eigenvalue weighted by Gasteiger charge is 2.08. The third-order valence-electron chi connectivity index (χ3n) is 2.22. The number of carbonyl (C=O) groups is 2. The van der Waals surface area contributed by atoms with Crippen LogP contribution < -0.4 is 10.6 Å². The van der Waals surface area contributed by atoms with Crippen molar-refractivity contribution in [1.82, 2.24) is 5.32 Å². The van der Waals surface area contributed by atoms with Crippen LogP contribution in [0, 0.1) is 14.9 Å². The van der Waals surface area contributed by atoms with Gasteiger partial charge >= 0.3 is 5.97 Å². The van der Waals surface area contributed by atoms with Crippen molar-refractivity contribution in [1.29, 1.82) is 5.26 Å². The molecule has 0 aliphatic heterocycles. The summed E-state index contributed by atoms with van der Waals surface area (Å²) in [6.07, 6.45) is 1.10. The number of benzene rings is 1. The summed E-state index contributed by atoms with van der Waals surface area (Å²) in [7, 11) is 0. The lowest BCUT2D eigenvalue weighted by Crippen LogP contribution is -2.27. The fourth-order valence-corrected chi connectivity index (χ4v) is 1.59. The zero-order chi connectivity index (χ0) is 15.0. The van der Waals surface area contributed by atoms with E-state index in [0.717, 1.165) is 9.26 Å². The fourth-order valence-electron chi connectivity index (χ4n) is 1.23. The van der Waals surface area contributed by atoms with Crippen molar-refractivity contribution < 1.29 is 14.7 Å². The molecule has 0 aliphatic rings. The van der Waals surface area contributed by atoms with Gasteiger partial charge < -0.3 is 15.7 Å². The number of rotatable bonds is 6. The third kappa shape index (κ3) is 5.71. The van der Waals surface area contributed by atoms with Crippen molar-refractivity contribution in [2.24, 2.45) is 0 Å². The Bertz CT molecular complexity index is 561. The van der Waals surface area contributed by atoms with Crippen molar-refractivity contribution in [3.63, 3.8) is 0 Å². The van der Waals surface area contributed by atoms with Gasteiger partial charge in [-0.3, -0.25) is 9.59 Å². The molecule has 1 aromatic rings. The molecule has 6 nitrogen and oxygen atoms in total. The molecular formula is C13H12IN3O3. The van der Waals surface area contributed by atoms with Gasteiger partial charge in [-0.05, 0) is 46.9 Å². The van der Waals surface area contributed by atoms with Crippen LogP contribution in [-0.4, -0.2) is 23.5 Å². The Labute approximate surface area is 129 Å². The second-order valence-corrected chi connectivity index (χ2v) is 4.97. The summed E-state index contributed by atoms with van der Waals surface area (Å²) < 4.78 is 1.07. The zero-order valence-corrected chi connectivity index (χ0v) is 12.5. The SMILES string of the molecule is N#C/C(=C/Nc1ccc(I)cc1)C(=O)NCCC(=O)O. The lowest BCUT2D eigenvalue weighted by molar-refractivity contribution is -0.136. The van der Waals surface area contributed by atoms with Crippen molar-refractivity contribution in [2.75, 3.05) is 11.9 Å². The number of carboxylic acids is 1. The highest BCUT2D eigenvalue weighted by molar-refractivity contribution is 14.1. The highest BCUT2D eigenvalue weighted by atomic mass is 127. The van der Waals surface area contributed by atoms with E-state index in [1.807, 2.05) is 24.3 Å². The zero-order valence-electron chi connectivity index (χ0n) is 10.4. The first-order valence-electron chi connectivity index (χ1n) is 5.65. The summed E-state index contributed by atoms with van der Waals surface area (Å²) >= 11 is 2.17. The van der Waals surface area contributed by atoms with Gasteiger partial charge in [0.05, 0.1) is 6.42 Å². The van der Waals surface area contributed by atoms with Gasteiger partial charge in [0.2, 0.25) is 0 Å². The van der Waals surface area contributed by atoms with Crippen LogP contribution in [0.2, 0.25) is 0 Å². The molecule has 3 N–H and O–H groups in total. The minimum atomic E-state index is -1.01. The maximum Gasteiger partial charge on any atom is 0.305 e. The Morgan fingerprint density at radius 2 is 2.00 bits per heavy atom. The van der Waals surface area contributed by atoms with Crippen LogP contribution in [0.15, 0.2) is 36.0 Å². The molecule has 0 bridgehead atoms. The lowest BCUT2D eigenvalue weighted by Gasteiger charge is -2.04. The summed E-state index contributed by atoms with van der Waals surface area (Å²) in [6, 6.07) is 9.16. The van der Waals surface area contributed by atoms with Gasteiger partial charge in [-0.2, -0.15) is 5.26 Å². The maximum atomic E-state index is 11.6. The molecule has 0 atom stereocenters.